The van der Waals surface area contributed by atoms with E-state index in [0.717, 1.165) is 24.0 Å². The fraction of sp³-hybridized carbons (Fsp3) is 0.389. The molecule has 2 aromatic rings. The molecule has 1 aliphatic heterocycles. The van der Waals surface area contributed by atoms with Gasteiger partial charge >= 0.3 is 0 Å². The number of benzene rings is 1. The molecule has 1 saturated heterocycles. The van der Waals surface area contributed by atoms with Gasteiger partial charge in [0.05, 0.1) is 12.2 Å². The van der Waals surface area contributed by atoms with Crippen LogP contribution >= 0.6 is 15.9 Å². The lowest BCUT2D eigenvalue weighted by molar-refractivity contribution is -0.0381. The van der Waals surface area contributed by atoms with E-state index in [9.17, 15) is 0 Å². The fourth-order valence-electron chi connectivity index (χ4n) is 2.69. The number of rotatable bonds is 4. The minimum Gasteiger partial charge on any atom is -0.473 e. The zero-order chi connectivity index (χ0) is 15.4. The van der Waals surface area contributed by atoms with Crippen LogP contribution in [0, 0.1) is 0 Å². The van der Waals surface area contributed by atoms with Crippen molar-refractivity contribution < 1.29 is 9.47 Å². The van der Waals surface area contributed by atoms with E-state index in [1.807, 2.05) is 42.6 Å². The van der Waals surface area contributed by atoms with E-state index in [0.29, 0.717) is 17.3 Å². The zero-order valence-electron chi connectivity index (χ0n) is 12.6. The summed E-state index contributed by atoms with van der Waals surface area (Å²) in [4.78, 5) is 4.91. The highest BCUT2D eigenvalue weighted by Crippen LogP contribution is 2.34. The highest BCUT2D eigenvalue weighted by atomic mass is 79.9. The summed E-state index contributed by atoms with van der Waals surface area (Å²) in [7, 11) is 0. The van der Waals surface area contributed by atoms with Crippen LogP contribution < -0.4 is 4.74 Å². The van der Waals surface area contributed by atoms with Gasteiger partial charge in [0, 0.05) is 17.1 Å². The van der Waals surface area contributed by atoms with Crippen LogP contribution in [0.3, 0.4) is 0 Å². The molecule has 0 bridgehead atoms. The zero-order valence-corrected chi connectivity index (χ0v) is 14.2. The summed E-state index contributed by atoms with van der Waals surface area (Å²) in [6.45, 7) is 2.65. The molecular formula is C18H20BrNO2. The third kappa shape index (κ3) is 4.08. The van der Waals surface area contributed by atoms with Gasteiger partial charge in [-0.1, -0.05) is 46.3 Å². The van der Waals surface area contributed by atoms with Crippen LogP contribution in [0.15, 0.2) is 48.7 Å². The van der Waals surface area contributed by atoms with Gasteiger partial charge in [-0.15, -0.1) is 0 Å². The Bertz CT molecular complexity index is 578. The van der Waals surface area contributed by atoms with Gasteiger partial charge in [0.25, 0.3) is 0 Å². The Kier molecular flexibility index (Phi) is 5.11. The Morgan fingerprint density at radius 1 is 1.18 bits per heavy atom. The lowest BCUT2D eigenvalue weighted by Crippen LogP contribution is -2.26. The molecule has 4 heteroatoms. The second-order valence-electron chi connectivity index (χ2n) is 5.71. The highest BCUT2D eigenvalue weighted by molar-refractivity contribution is 9.09. The van der Waals surface area contributed by atoms with Gasteiger partial charge in [-0.3, -0.25) is 0 Å². The van der Waals surface area contributed by atoms with Gasteiger partial charge < -0.3 is 9.47 Å². The van der Waals surface area contributed by atoms with Crippen LogP contribution in [-0.2, 0) is 11.3 Å². The number of pyridine rings is 1. The fourth-order valence-corrected chi connectivity index (χ4v) is 3.56. The van der Waals surface area contributed by atoms with E-state index in [4.69, 9.17) is 9.47 Å². The summed E-state index contributed by atoms with van der Waals surface area (Å²) in [6.07, 6.45) is 4.29. The molecule has 1 aromatic carbocycles. The third-order valence-electron chi connectivity index (χ3n) is 3.81. The van der Waals surface area contributed by atoms with Crippen molar-refractivity contribution in [2.24, 2.45) is 0 Å². The minimum atomic E-state index is 0.115. The third-order valence-corrected chi connectivity index (χ3v) is 4.56. The minimum absolute atomic E-state index is 0.115. The maximum atomic E-state index is 6.00. The van der Waals surface area contributed by atoms with Gasteiger partial charge in [0.1, 0.15) is 6.61 Å². The molecule has 0 unspecified atom stereocenters. The quantitative estimate of drug-likeness (QED) is 0.741. The average molecular weight is 362 g/mol. The molecule has 1 aromatic heterocycles. The topological polar surface area (TPSA) is 31.4 Å². The van der Waals surface area contributed by atoms with Gasteiger partial charge in [0.2, 0.25) is 5.88 Å². The van der Waals surface area contributed by atoms with Crippen molar-refractivity contribution in [2.45, 2.75) is 43.4 Å². The van der Waals surface area contributed by atoms with E-state index in [1.165, 1.54) is 0 Å². The molecule has 1 aliphatic rings. The Morgan fingerprint density at radius 3 is 2.68 bits per heavy atom. The smallest absolute Gasteiger partial charge is 0.213 e. The normalized spacial score (nSPS) is 24.9. The highest BCUT2D eigenvalue weighted by Gasteiger charge is 2.26. The first kappa shape index (κ1) is 15.5. The van der Waals surface area contributed by atoms with Crippen molar-refractivity contribution in [3.63, 3.8) is 0 Å². The Balaban J connectivity index is 1.60. The van der Waals surface area contributed by atoms with Gasteiger partial charge in [-0.2, -0.15) is 0 Å². The van der Waals surface area contributed by atoms with Crippen LogP contribution in [0.25, 0.3) is 0 Å². The van der Waals surface area contributed by atoms with E-state index in [-0.39, 0.29) is 12.2 Å². The molecular weight excluding hydrogens is 342 g/mol. The van der Waals surface area contributed by atoms with Crippen molar-refractivity contribution in [1.29, 1.82) is 0 Å². The molecule has 0 N–H and O–H groups in total. The van der Waals surface area contributed by atoms with Gasteiger partial charge in [-0.05, 0) is 37.0 Å². The van der Waals surface area contributed by atoms with Gasteiger partial charge in [0.15, 0.2) is 0 Å². The number of alkyl halides is 1. The van der Waals surface area contributed by atoms with E-state index < -0.39 is 0 Å². The second kappa shape index (κ2) is 7.25. The van der Waals surface area contributed by atoms with Crippen molar-refractivity contribution in [2.75, 3.05) is 0 Å². The number of nitrogens with zero attached hydrogens (tertiary/aromatic N) is 1. The Hall–Kier alpha value is -1.39. The first-order chi connectivity index (χ1) is 10.7. The number of aromatic nitrogens is 1. The van der Waals surface area contributed by atoms with Crippen molar-refractivity contribution in [3.8, 4) is 5.88 Å². The summed E-state index contributed by atoms with van der Waals surface area (Å²) < 4.78 is 11.7. The molecule has 0 aliphatic carbocycles. The Morgan fingerprint density at radius 2 is 2.00 bits per heavy atom. The molecule has 22 heavy (non-hydrogen) atoms. The van der Waals surface area contributed by atoms with Crippen molar-refractivity contribution >= 4 is 15.9 Å². The molecule has 3 rings (SSSR count). The van der Waals surface area contributed by atoms with Crippen LogP contribution in [0.2, 0.25) is 0 Å². The molecule has 0 amide bonds. The molecule has 0 saturated carbocycles. The van der Waals surface area contributed by atoms with E-state index in [2.05, 4.69) is 33.9 Å². The molecule has 2 heterocycles. The van der Waals surface area contributed by atoms with Crippen LogP contribution in [0.5, 0.6) is 5.88 Å². The van der Waals surface area contributed by atoms with Crippen LogP contribution in [0.1, 0.15) is 37.0 Å². The second-order valence-corrected chi connectivity index (χ2v) is 7.00. The first-order valence-corrected chi connectivity index (χ1v) is 8.54. The summed E-state index contributed by atoms with van der Waals surface area (Å²) in [5.41, 5.74) is 2.25. The monoisotopic (exact) mass is 361 g/mol. The van der Waals surface area contributed by atoms with Crippen LogP contribution in [0.4, 0.5) is 0 Å². The van der Waals surface area contributed by atoms with Crippen molar-refractivity contribution in [3.05, 3.63) is 59.8 Å². The predicted molar refractivity (Wildman–Crippen MR) is 90.2 cm³/mol. The first-order valence-electron chi connectivity index (χ1n) is 7.63. The SMILES string of the molecule is C[C@@H]1C[C@H](Br)C[C@H](c2ccc(OCc3ccccc3)nc2)O1. The summed E-state index contributed by atoms with van der Waals surface area (Å²) in [5.74, 6) is 0.645. The number of hydrogen-bond donors (Lipinski definition) is 0. The average Bonchev–Trinajstić information content (AvgIpc) is 2.53. The van der Waals surface area contributed by atoms with E-state index >= 15 is 0 Å². The Labute approximate surface area is 139 Å². The van der Waals surface area contributed by atoms with Crippen molar-refractivity contribution in [1.82, 2.24) is 4.98 Å². The largest absolute Gasteiger partial charge is 0.473 e. The van der Waals surface area contributed by atoms with Crippen LogP contribution in [-0.4, -0.2) is 15.9 Å². The maximum Gasteiger partial charge on any atom is 0.213 e. The summed E-state index contributed by atoms with van der Waals surface area (Å²) in [6, 6.07) is 14.1. The lowest BCUT2D eigenvalue weighted by atomic mass is 10.00. The van der Waals surface area contributed by atoms with E-state index in [1.54, 1.807) is 0 Å². The summed E-state index contributed by atoms with van der Waals surface area (Å²) >= 11 is 3.71. The molecule has 116 valence electrons. The number of ether oxygens (including phenoxy) is 2. The number of halogens is 1. The standard InChI is InChI=1S/C18H20BrNO2/c1-13-9-16(19)10-17(22-13)15-7-8-18(20-11-15)21-12-14-5-3-2-4-6-14/h2-8,11,13,16-17H,9-10,12H2,1H3/t13-,16+,17-/m1/s1. The molecule has 0 radical (unpaired) electrons. The lowest BCUT2D eigenvalue weighted by Gasteiger charge is -2.31. The number of hydrogen-bond acceptors (Lipinski definition) is 3. The molecule has 0 spiro atoms. The molecule has 3 atom stereocenters. The maximum absolute atomic E-state index is 6.00. The predicted octanol–water partition coefficient (Wildman–Crippen LogP) is 4.66. The molecule has 1 fully saturated rings. The summed E-state index contributed by atoms with van der Waals surface area (Å²) in [5, 5.41) is 0. The van der Waals surface area contributed by atoms with Gasteiger partial charge in [-0.25, -0.2) is 4.98 Å². The molecule has 3 nitrogen and oxygen atoms in total.